The first-order chi connectivity index (χ1) is 12.5. The molecular weight excluding hydrogens is 324 g/mol. The predicted octanol–water partition coefficient (Wildman–Crippen LogP) is 3.62. The number of amides is 1. The predicted molar refractivity (Wildman–Crippen MR) is 103 cm³/mol. The number of carbonyl (C=O) groups is 1. The second-order valence-electron chi connectivity index (χ2n) is 7.52. The second kappa shape index (κ2) is 6.61. The lowest BCUT2D eigenvalue weighted by Crippen LogP contribution is -2.52. The Kier molecular flexibility index (Phi) is 4.29. The van der Waals surface area contributed by atoms with Gasteiger partial charge in [-0.3, -0.25) is 4.79 Å². The van der Waals surface area contributed by atoms with E-state index in [4.69, 9.17) is 0 Å². The zero-order chi connectivity index (χ0) is 18.1. The minimum absolute atomic E-state index is 0.00904. The molecule has 3 aromatic rings. The lowest BCUT2D eigenvalue weighted by Gasteiger charge is -2.42. The molecule has 1 aliphatic rings. The number of H-pyrrole nitrogens is 1. The molecule has 1 amide bonds. The first-order valence-corrected chi connectivity index (χ1v) is 9.16. The fraction of sp³-hybridized carbons (Fsp3) is 0.318. The Morgan fingerprint density at radius 1 is 1.19 bits per heavy atom. The van der Waals surface area contributed by atoms with Gasteiger partial charge < -0.3 is 15.0 Å². The van der Waals surface area contributed by atoms with Crippen LogP contribution in [-0.2, 0) is 6.42 Å². The molecule has 1 aromatic heterocycles. The van der Waals surface area contributed by atoms with Crippen LogP contribution in [0.15, 0.2) is 60.7 Å². The van der Waals surface area contributed by atoms with Gasteiger partial charge in [-0.2, -0.15) is 0 Å². The Morgan fingerprint density at radius 3 is 2.69 bits per heavy atom. The van der Waals surface area contributed by atoms with Crippen molar-refractivity contribution in [2.24, 2.45) is 5.92 Å². The molecule has 134 valence electrons. The van der Waals surface area contributed by atoms with Crippen LogP contribution < -0.4 is 0 Å². The van der Waals surface area contributed by atoms with Gasteiger partial charge in [0.2, 0.25) is 0 Å². The van der Waals surface area contributed by atoms with E-state index in [2.05, 4.69) is 17.1 Å². The minimum atomic E-state index is -0.757. The normalized spacial score (nSPS) is 23.3. The fourth-order valence-corrected chi connectivity index (χ4v) is 3.85. The van der Waals surface area contributed by atoms with E-state index in [1.165, 1.54) is 5.56 Å². The van der Waals surface area contributed by atoms with Crippen LogP contribution in [-0.4, -0.2) is 39.6 Å². The summed E-state index contributed by atoms with van der Waals surface area (Å²) in [6.07, 6.45) is 1.36. The monoisotopic (exact) mass is 348 g/mol. The van der Waals surface area contributed by atoms with Crippen LogP contribution in [0, 0.1) is 5.92 Å². The molecule has 2 aromatic carbocycles. The first kappa shape index (κ1) is 16.9. The Hall–Kier alpha value is -2.59. The maximum atomic E-state index is 13.0. The average molecular weight is 348 g/mol. The van der Waals surface area contributed by atoms with E-state index in [0.29, 0.717) is 25.2 Å². The van der Waals surface area contributed by atoms with E-state index in [0.717, 1.165) is 17.3 Å². The van der Waals surface area contributed by atoms with Crippen LogP contribution in [0.5, 0.6) is 0 Å². The van der Waals surface area contributed by atoms with Crippen molar-refractivity contribution in [3.05, 3.63) is 71.9 Å². The molecule has 0 aliphatic carbocycles. The van der Waals surface area contributed by atoms with Crippen LogP contribution >= 0.6 is 0 Å². The SMILES string of the molecule is C[C@@]1(O)CCN(C(=O)c2cc3ccccc3[nH]2)C[C@@H]1Cc1ccccc1. The Labute approximate surface area is 153 Å². The third kappa shape index (κ3) is 3.25. The van der Waals surface area contributed by atoms with Crippen molar-refractivity contribution in [1.82, 2.24) is 9.88 Å². The van der Waals surface area contributed by atoms with E-state index >= 15 is 0 Å². The summed E-state index contributed by atoms with van der Waals surface area (Å²) in [5.74, 6) is 0.0294. The largest absolute Gasteiger partial charge is 0.390 e. The number of rotatable bonds is 3. The van der Waals surface area contributed by atoms with Crippen LogP contribution in [0.3, 0.4) is 0 Å². The van der Waals surface area contributed by atoms with Crippen molar-refractivity contribution < 1.29 is 9.90 Å². The molecule has 0 unspecified atom stereocenters. The van der Waals surface area contributed by atoms with E-state index in [1.54, 1.807) is 0 Å². The molecule has 2 atom stereocenters. The van der Waals surface area contributed by atoms with Gasteiger partial charge in [-0.1, -0.05) is 48.5 Å². The third-order valence-electron chi connectivity index (χ3n) is 5.58. The third-order valence-corrected chi connectivity index (χ3v) is 5.58. The number of likely N-dealkylation sites (tertiary alicyclic amines) is 1. The topological polar surface area (TPSA) is 56.3 Å². The van der Waals surface area contributed by atoms with Crippen molar-refractivity contribution >= 4 is 16.8 Å². The molecule has 2 N–H and O–H groups in total. The zero-order valence-corrected chi connectivity index (χ0v) is 15.0. The van der Waals surface area contributed by atoms with Crippen molar-refractivity contribution in [2.45, 2.75) is 25.4 Å². The fourth-order valence-electron chi connectivity index (χ4n) is 3.85. The molecule has 4 rings (SSSR count). The van der Waals surface area contributed by atoms with E-state index < -0.39 is 5.60 Å². The molecule has 0 saturated carbocycles. The Bertz CT molecular complexity index is 881. The molecule has 0 spiro atoms. The molecule has 1 fully saturated rings. The Balaban J connectivity index is 1.54. The molecule has 1 aliphatic heterocycles. The van der Waals surface area contributed by atoms with Crippen molar-refractivity contribution in [1.29, 1.82) is 0 Å². The molecule has 2 heterocycles. The molecule has 0 bridgehead atoms. The van der Waals surface area contributed by atoms with Gasteiger partial charge in [0.25, 0.3) is 5.91 Å². The number of nitrogens with zero attached hydrogens (tertiary/aromatic N) is 1. The summed E-state index contributed by atoms with van der Waals surface area (Å²) in [4.78, 5) is 18.1. The number of nitrogens with one attached hydrogen (secondary N) is 1. The van der Waals surface area contributed by atoms with Crippen LogP contribution in [0.4, 0.5) is 0 Å². The lowest BCUT2D eigenvalue weighted by atomic mass is 9.79. The summed E-state index contributed by atoms with van der Waals surface area (Å²) >= 11 is 0. The highest BCUT2D eigenvalue weighted by Gasteiger charge is 2.39. The summed E-state index contributed by atoms with van der Waals surface area (Å²) in [5.41, 5.74) is 2.03. The quantitative estimate of drug-likeness (QED) is 0.759. The lowest BCUT2D eigenvalue weighted by molar-refractivity contribution is -0.0508. The van der Waals surface area contributed by atoms with Gasteiger partial charge >= 0.3 is 0 Å². The zero-order valence-electron chi connectivity index (χ0n) is 15.0. The number of fused-ring (bicyclic) bond motifs is 1. The number of para-hydroxylation sites is 1. The highest BCUT2D eigenvalue weighted by Crippen LogP contribution is 2.31. The number of hydrogen-bond donors (Lipinski definition) is 2. The number of hydrogen-bond acceptors (Lipinski definition) is 2. The number of aliphatic hydroxyl groups is 1. The van der Waals surface area contributed by atoms with Crippen LogP contribution in [0.2, 0.25) is 0 Å². The van der Waals surface area contributed by atoms with Gasteiger partial charge in [0, 0.05) is 29.9 Å². The highest BCUT2D eigenvalue weighted by atomic mass is 16.3. The summed E-state index contributed by atoms with van der Waals surface area (Å²) in [7, 11) is 0. The van der Waals surface area contributed by atoms with Gasteiger partial charge in [0.05, 0.1) is 5.60 Å². The van der Waals surface area contributed by atoms with E-state index in [9.17, 15) is 9.90 Å². The van der Waals surface area contributed by atoms with Crippen LogP contribution in [0.1, 0.15) is 29.4 Å². The number of aromatic amines is 1. The van der Waals surface area contributed by atoms with Crippen molar-refractivity contribution in [3.63, 3.8) is 0 Å². The maximum Gasteiger partial charge on any atom is 0.270 e. The van der Waals surface area contributed by atoms with Gasteiger partial charge in [-0.15, -0.1) is 0 Å². The second-order valence-corrected chi connectivity index (χ2v) is 7.52. The van der Waals surface area contributed by atoms with Gasteiger partial charge in [0.1, 0.15) is 5.69 Å². The number of aromatic nitrogens is 1. The smallest absolute Gasteiger partial charge is 0.270 e. The average Bonchev–Trinajstić information content (AvgIpc) is 3.08. The molecule has 4 nitrogen and oxygen atoms in total. The van der Waals surface area contributed by atoms with Gasteiger partial charge in [0.15, 0.2) is 0 Å². The van der Waals surface area contributed by atoms with Gasteiger partial charge in [-0.25, -0.2) is 0 Å². The van der Waals surface area contributed by atoms with Crippen molar-refractivity contribution in [2.75, 3.05) is 13.1 Å². The van der Waals surface area contributed by atoms with Crippen LogP contribution in [0.25, 0.3) is 10.9 Å². The summed E-state index contributed by atoms with van der Waals surface area (Å²) < 4.78 is 0. The summed E-state index contributed by atoms with van der Waals surface area (Å²) in [5, 5.41) is 11.9. The number of piperidine rings is 1. The Morgan fingerprint density at radius 2 is 1.92 bits per heavy atom. The first-order valence-electron chi connectivity index (χ1n) is 9.16. The molecule has 0 radical (unpaired) electrons. The maximum absolute atomic E-state index is 13.0. The standard InChI is InChI=1S/C22H24N2O2/c1-22(26)11-12-24(15-18(22)13-16-7-3-2-4-8-16)21(25)20-14-17-9-5-6-10-19(17)23-20/h2-10,14,18,23,26H,11-13,15H2,1H3/t18-,22+/m0/s1. The molecule has 4 heteroatoms. The molecular formula is C22H24N2O2. The summed E-state index contributed by atoms with van der Waals surface area (Å²) in [6.45, 7) is 3.04. The van der Waals surface area contributed by atoms with Crippen molar-refractivity contribution in [3.8, 4) is 0 Å². The molecule has 26 heavy (non-hydrogen) atoms. The van der Waals surface area contributed by atoms with Gasteiger partial charge in [-0.05, 0) is 37.5 Å². The van der Waals surface area contributed by atoms with E-state index in [1.807, 2.05) is 60.4 Å². The highest BCUT2D eigenvalue weighted by molar-refractivity contribution is 5.98. The van der Waals surface area contributed by atoms with E-state index in [-0.39, 0.29) is 11.8 Å². The molecule has 1 saturated heterocycles. The summed E-state index contributed by atoms with van der Waals surface area (Å²) in [6, 6.07) is 20.0. The minimum Gasteiger partial charge on any atom is -0.390 e. The number of benzene rings is 2. The number of carbonyl (C=O) groups excluding carboxylic acids is 1.